The molecule has 3 heteroatoms. The van der Waals surface area contributed by atoms with Gasteiger partial charge < -0.3 is 4.74 Å². The fraction of sp³-hybridized carbons (Fsp3) is 0. The summed E-state index contributed by atoms with van der Waals surface area (Å²) in [6.07, 6.45) is 0. The van der Waals surface area contributed by atoms with Crippen molar-refractivity contribution in [3.63, 3.8) is 0 Å². The second kappa shape index (κ2) is 12.9. The Morgan fingerprint density at radius 1 is 0.302 bits per heavy atom. The maximum atomic E-state index is 6.33. The zero-order valence-electron chi connectivity index (χ0n) is 28.8. The second-order valence-corrected chi connectivity index (χ2v) is 13.4. The van der Waals surface area contributed by atoms with Crippen molar-refractivity contribution in [3.05, 3.63) is 194 Å². The summed E-state index contributed by atoms with van der Waals surface area (Å²) in [5.41, 5.74) is 14.2. The van der Waals surface area contributed by atoms with Crippen LogP contribution >= 0.6 is 0 Å². The third-order valence-electron chi connectivity index (χ3n) is 10.1. The molecule has 8 aromatic carbocycles. The molecule has 1 aliphatic heterocycles. The van der Waals surface area contributed by atoms with Crippen molar-refractivity contribution >= 4 is 10.8 Å². The van der Waals surface area contributed by atoms with Crippen molar-refractivity contribution in [2.75, 3.05) is 0 Å². The molecule has 0 saturated carbocycles. The number of rotatable bonds is 6. The average molecular weight is 677 g/mol. The summed E-state index contributed by atoms with van der Waals surface area (Å²) in [6.45, 7) is 0. The van der Waals surface area contributed by atoms with Crippen LogP contribution in [0.1, 0.15) is 0 Å². The predicted octanol–water partition coefficient (Wildman–Crippen LogP) is 13.4. The topological polar surface area (TPSA) is 35.0 Å². The van der Waals surface area contributed by atoms with E-state index >= 15 is 0 Å². The molecule has 0 amide bonds. The Kier molecular flexibility index (Phi) is 7.47. The normalized spacial score (nSPS) is 11.5. The van der Waals surface area contributed by atoms with Gasteiger partial charge in [0.25, 0.3) is 0 Å². The van der Waals surface area contributed by atoms with Crippen LogP contribution in [-0.4, -0.2) is 9.97 Å². The van der Waals surface area contributed by atoms with Crippen LogP contribution < -0.4 is 4.74 Å². The Morgan fingerprint density at radius 2 is 0.774 bits per heavy atom. The minimum atomic E-state index is 0.708. The molecule has 0 N–H and O–H groups in total. The molecule has 1 aromatic heterocycles. The Balaban J connectivity index is 0.945. The molecule has 0 unspecified atom stereocenters. The summed E-state index contributed by atoms with van der Waals surface area (Å²) in [4.78, 5) is 10.1. The van der Waals surface area contributed by atoms with Gasteiger partial charge in [-0.2, -0.15) is 0 Å². The Bertz CT molecular complexity index is 2750. The number of ether oxygens (including phenoxy) is 1. The van der Waals surface area contributed by atoms with E-state index in [2.05, 4.69) is 164 Å². The van der Waals surface area contributed by atoms with Crippen LogP contribution in [0.25, 0.3) is 89.2 Å². The quantitative estimate of drug-likeness (QED) is 0.176. The summed E-state index contributed by atoms with van der Waals surface area (Å²) in [5, 5.41) is 2.36. The molecule has 9 aromatic rings. The van der Waals surface area contributed by atoms with E-state index in [0.29, 0.717) is 5.82 Å². The number of aromatic nitrogens is 2. The highest BCUT2D eigenvalue weighted by Crippen LogP contribution is 2.47. The lowest BCUT2D eigenvalue weighted by molar-refractivity contribution is 0.487. The molecule has 2 heterocycles. The molecule has 0 atom stereocenters. The first-order valence-corrected chi connectivity index (χ1v) is 17.9. The standard InChI is InChI=1S/C50H32N2O/c1-3-9-33(10-4-1)34-21-25-38(26-22-34)45-32-46(52-50(51-45)41-11-5-2-6-12-41)39-27-23-36(24-28-39)35-17-19-37(20-18-35)42-29-30-47-44(31-42)43-15-7-13-40-14-8-16-48(53-47)49(40)43/h1-32H. The third kappa shape index (κ3) is 5.75. The summed E-state index contributed by atoms with van der Waals surface area (Å²) in [6, 6.07) is 68.0. The molecule has 10 rings (SSSR count). The lowest BCUT2D eigenvalue weighted by atomic mass is 9.92. The molecule has 0 saturated heterocycles. The van der Waals surface area contributed by atoms with E-state index in [1.54, 1.807) is 0 Å². The van der Waals surface area contributed by atoms with E-state index in [9.17, 15) is 0 Å². The minimum absolute atomic E-state index is 0.708. The molecule has 0 bridgehead atoms. The van der Waals surface area contributed by atoms with E-state index in [4.69, 9.17) is 14.7 Å². The molecule has 0 spiro atoms. The third-order valence-corrected chi connectivity index (χ3v) is 10.1. The molecule has 248 valence electrons. The summed E-state index contributed by atoms with van der Waals surface area (Å²) < 4.78 is 6.33. The maximum absolute atomic E-state index is 6.33. The number of hydrogen-bond acceptors (Lipinski definition) is 3. The smallest absolute Gasteiger partial charge is 0.160 e. The summed E-state index contributed by atoms with van der Waals surface area (Å²) >= 11 is 0. The van der Waals surface area contributed by atoms with Gasteiger partial charge in [0, 0.05) is 27.6 Å². The maximum Gasteiger partial charge on any atom is 0.160 e. The van der Waals surface area contributed by atoms with Crippen LogP contribution in [0.2, 0.25) is 0 Å². The first-order chi connectivity index (χ1) is 26.2. The van der Waals surface area contributed by atoms with Gasteiger partial charge in [0.2, 0.25) is 0 Å². The zero-order valence-corrected chi connectivity index (χ0v) is 28.8. The molecule has 53 heavy (non-hydrogen) atoms. The largest absolute Gasteiger partial charge is 0.456 e. The lowest BCUT2D eigenvalue weighted by Gasteiger charge is -2.22. The number of hydrogen-bond donors (Lipinski definition) is 0. The minimum Gasteiger partial charge on any atom is -0.456 e. The van der Waals surface area contributed by atoms with Gasteiger partial charge in [-0.1, -0.05) is 170 Å². The van der Waals surface area contributed by atoms with Crippen LogP contribution in [0.5, 0.6) is 11.5 Å². The Labute approximate surface area is 308 Å². The van der Waals surface area contributed by atoms with Crippen molar-refractivity contribution in [2.24, 2.45) is 0 Å². The molecular formula is C50H32N2O. The van der Waals surface area contributed by atoms with Crippen molar-refractivity contribution in [3.8, 4) is 89.9 Å². The first kappa shape index (κ1) is 30.7. The van der Waals surface area contributed by atoms with Crippen molar-refractivity contribution in [1.29, 1.82) is 0 Å². The molecular weight excluding hydrogens is 645 g/mol. The second-order valence-electron chi connectivity index (χ2n) is 13.4. The van der Waals surface area contributed by atoms with Gasteiger partial charge in [0.05, 0.1) is 11.4 Å². The number of fused-ring (bicyclic) bond motifs is 2. The van der Waals surface area contributed by atoms with E-state index in [0.717, 1.165) is 67.4 Å². The zero-order chi connectivity index (χ0) is 35.1. The number of nitrogens with zero attached hydrogens (tertiary/aromatic N) is 2. The van der Waals surface area contributed by atoms with Gasteiger partial charge in [-0.05, 0) is 68.6 Å². The highest BCUT2D eigenvalue weighted by molar-refractivity contribution is 6.04. The summed E-state index contributed by atoms with van der Waals surface area (Å²) in [5.74, 6) is 2.52. The SMILES string of the molecule is c1ccc(-c2ccc(-c3cc(-c4ccc(-c5ccc(-c6ccc7c(c6)-c6cccc8cccc(c68)O7)cc5)cc4)nc(-c4ccccc4)n3)cc2)cc1. The Morgan fingerprint density at radius 3 is 1.36 bits per heavy atom. The fourth-order valence-electron chi connectivity index (χ4n) is 7.36. The van der Waals surface area contributed by atoms with Gasteiger partial charge in [-0.3, -0.25) is 0 Å². The molecule has 3 nitrogen and oxygen atoms in total. The van der Waals surface area contributed by atoms with Crippen molar-refractivity contribution in [1.82, 2.24) is 9.97 Å². The van der Waals surface area contributed by atoms with E-state index < -0.39 is 0 Å². The highest BCUT2D eigenvalue weighted by Gasteiger charge is 2.20. The van der Waals surface area contributed by atoms with Crippen LogP contribution in [0.15, 0.2) is 194 Å². The van der Waals surface area contributed by atoms with Crippen LogP contribution in [0.4, 0.5) is 0 Å². The monoisotopic (exact) mass is 676 g/mol. The van der Waals surface area contributed by atoms with Gasteiger partial charge in [-0.25, -0.2) is 9.97 Å². The van der Waals surface area contributed by atoms with Crippen LogP contribution in [0.3, 0.4) is 0 Å². The van der Waals surface area contributed by atoms with Crippen molar-refractivity contribution in [2.45, 2.75) is 0 Å². The Hall–Kier alpha value is -7.10. The molecule has 0 radical (unpaired) electrons. The molecule has 0 fully saturated rings. The highest BCUT2D eigenvalue weighted by atomic mass is 16.5. The van der Waals surface area contributed by atoms with E-state index in [1.807, 2.05) is 30.3 Å². The predicted molar refractivity (Wildman–Crippen MR) is 218 cm³/mol. The summed E-state index contributed by atoms with van der Waals surface area (Å²) in [7, 11) is 0. The van der Waals surface area contributed by atoms with E-state index in [1.165, 1.54) is 27.5 Å². The van der Waals surface area contributed by atoms with Gasteiger partial charge in [0.1, 0.15) is 11.5 Å². The van der Waals surface area contributed by atoms with Crippen molar-refractivity contribution < 1.29 is 4.74 Å². The molecule has 0 aliphatic carbocycles. The average Bonchev–Trinajstić information content (AvgIpc) is 3.24. The van der Waals surface area contributed by atoms with Gasteiger partial charge >= 0.3 is 0 Å². The number of benzene rings is 8. The molecule has 1 aliphatic rings. The van der Waals surface area contributed by atoms with Gasteiger partial charge in [0.15, 0.2) is 5.82 Å². The fourth-order valence-corrected chi connectivity index (χ4v) is 7.36. The first-order valence-electron chi connectivity index (χ1n) is 17.9. The van der Waals surface area contributed by atoms with E-state index in [-0.39, 0.29) is 0 Å². The van der Waals surface area contributed by atoms with Crippen LogP contribution in [-0.2, 0) is 0 Å². The van der Waals surface area contributed by atoms with Crippen LogP contribution in [0, 0.1) is 0 Å². The van der Waals surface area contributed by atoms with Gasteiger partial charge in [-0.15, -0.1) is 0 Å². The lowest BCUT2D eigenvalue weighted by Crippen LogP contribution is -1.97.